The summed E-state index contributed by atoms with van der Waals surface area (Å²) in [5, 5.41) is 9.35. The van der Waals surface area contributed by atoms with E-state index >= 15 is 0 Å². The standard InChI is InChI=1S/C14H16N6O2S/c1-8-9(7-20(2)17-8)6-15-13(21)14(22)16-10-3-4-11-12(5-10)19-23-18-11/h3-5,7,11-12H,6H2,1-2H3,(H,15,21)(H,16,22)/t11-,12+/m1/s1. The first kappa shape index (κ1) is 15.3. The molecule has 0 saturated heterocycles. The topological polar surface area (TPSA) is 101 Å². The lowest BCUT2D eigenvalue weighted by Crippen LogP contribution is -2.39. The second-order valence-electron chi connectivity index (χ2n) is 5.30. The lowest BCUT2D eigenvalue weighted by Gasteiger charge is -2.15. The van der Waals surface area contributed by atoms with Crippen molar-refractivity contribution in [1.29, 1.82) is 0 Å². The largest absolute Gasteiger partial charge is 0.344 e. The van der Waals surface area contributed by atoms with Gasteiger partial charge >= 0.3 is 11.8 Å². The van der Waals surface area contributed by atoms with Crippen LogP contribution in [0.5, 0.6) is 0 Å². The van der Waals surface area contributed by atoms with Crippen LogP contribution in [0.1, 0.15) is 11.3 Å². The zero-order valence-electron chi connectivity index (χ0n) is 12.7. The Bertz CT molecular complexity index is 787. The number of hydrogen-bond donors (Lipinski definition) is 2. The number of nitrogens with one attached hydrogen (secondary N) is 2. The molecule has 8 nitrogen and oxygen atoms in total. The van der Waals surface area contributed by atoms with E-state index in [1.54, 1.807) is 23.9 Å². The summed E-state index contributed by atoms with van der Waals surface area (Å²) in [4.78, 5) is 23.8. The van der Waals surface area contributed by atoms with Crippen LogP contribution in [0.2, 0.25) is 0 Å². The van der Waals surface area contributed by atoms with Crippen LogP contribution in [0.25, 0.3) is 0 Å². The van der Waals surface area contributed by atoms with E-state index in [0.29, 0.717) is 5.70 Å². The molecular formula is C14H16N6O2S. The van der Waals surface area contributed by atoms with Gasteiger partial charge in [0.2, 0.25) is 0 Å². The molecule has 1 aliphatic heterocycles. The molecule has 0 fully saturated rings. The van der Waals surface area contributed by atoms with Gasteiger partial charge in [0.15, 0.2) is 0 Å². The molecule has 2 N–H and O–H groups in total. The van der Waals surface area contributed by atoms with Crippen molar-refractivity contribution >= 4 is 23.2 Å². The number of aryl methyl sites for hydroxylation is 2. The van der Waals surface area contributed by atoms with Crippen molar-refractivity contribution in [3.63, 3.8) is 0 Å². The molecule has 0 saturated carbocycles. The van der Waals surface area contributed by atoms with Gasteiger partial charge in [-0.15, -0.1) is 0 Å². The lowest BCUT2D eigenvalue weighted by molar-refractivity contribution is -0.138. The minimum absolute atomic E-state index is 0.0167. The molecule has 0 bridgehead atoms. The molecule has 23 heavy (non-hydrogen) atoms. The van der Waals surface area contributed by atoms with Crippen molar-refractivity contribution in [2.45, 2.75) is 25.6 Å². The van der Waals surface area contributed by atoms with Gasteiger partial charge < -0.3 is 10.6 Å². The number of rotatable bonds is 3. The quantitative estimate of drug-likeness (QED) is 0.769. The molecule has 0 unspecified atom stereocenters. The zero-order chi connectivity index (χ0) is 16.4. The molecule has 2 atom stereocenters. The monoisotopic (exact) mass is 332 g/mol. The number of carbonyl (C=O) groups is 2. The summed E-state index contributed by atoms with van der Waals surface area (Å²) in [5.41, 5.74) is 2.25. The third-order valence-electron chi connectivity index (χ3n) is 3.53. The van der Waals surface area contributed by atoms with Crippen LogP contribution in [0.4, 0.5) is 0 Å². The first-order valence-electron chi connectivity index (χ1n) is 7.08. The normalized spacial score (nSPS) is 21.4. The van der Waals surface area contributed by atoms with Crippen LogP contribution in [-0.4, -0.2) is 33.7 Å². The van der Waals surface area contributed by atoms with E-state index in [1.165, 1.54) is 11.4 Å². The summed E-state index contributed by atoms with van der Waals surface area (Å²) < 4.78 is 10.1. The maximum Gasteiger partial charge on any atom is 0.313 e. The van der Waals surface area contributed by atoms with E-state index in [1.807, 2.05) is 19.2 Å². The van der Waals surface area contributed by atoms with Crippen molar-refractivity contribution in [3.05, 3.63) is 41.4 Å². The molecule has 120 valence electrons. The van der Waals surface area contributed by atoms with E-state index < -0.39 is 11.8 Å². The Labute approximate surface area is 136 Å². The van der Waals surface area contributed by atoms with Crippen LogP contribution in [0.3, 0.4) is 0 Å². The van der Waals surface area contributed by atoms with Gasteiger partial charge in [-0.1, -0.05) is 6.08 Å². The van der Waals surface area contributed by atoms with Gasteiger partial charge in [0.25, 0.3) is 0 Å². The highest BCUT2D eigenvalue weighted by molar-refractivity contribution is 7.57. The smallest absolute Gasteiger partial charge is 0.313 e. The summed E-state index contributed by atoms with van der Waals surface area (Å²) in [5.74, 6) is -1.39. The highest BCUT2D eigenvalue weighted by atomic mass is 32.1. The lowest BCUT2D eigenvalue weighted by atomic mass is 10.0. The fraction of sp³-hybridized carbons (Fsp3) is 0.357. The summed E-state index contributed by atoms with van der Waals surface area (Å²) in [6, 6.07) is -0.0653. The van der Waals surface area contributed by atoms with E-state index in [0.717, 1.165) is 11.3 Å². The van der Waals surface area contributed by atoms with Crippen LogP contribution < -0.4 is 10.6 Å². The number of hydrogen-bond acceptors (Lipinski definition) is 5. The Hall–Kier alpha value is -2.55. The minimum atomic E-state index is -0.705. The maximum absolute atomic E-state index is 11.9. The Balaban J connectivity index is 1.54. The molecule has 1 aromatic rings. The molecule has 0 spiro atoms. The fourth-order valence-electron chi connectivity index (χ4n) is 2.33. The van der Waals surface area contributed by atoms with Crippen LogP contribution in [0.15, 0.2) is 38.8 Å². The molecule has 9 heteroatoms. The van der Waals surface area contributed by atoms with Gasteiger partial charge in [0.05, 0.1) is 17.0 Å². The van der Waals surface area contributed by atoms with Gasteiger partial charge in [0, 0.05) is 31.0 Å². The third-order valence-corrected chi connectivity index (χ3v) is 4.20. The van der Waals surface area contributed by atoms with E-state index in [9.17, 15) is 9.59 Å². The molecule has 0 aromatic carbocycles. The Morgan fingerprint density at radius 1 is 1.30 bits per heavy atom. The Morgan fingerprint density at radius 3 is 2.83 bits per heavy atom. The fourth-order valence-corrected chi connectivity index (χ4v) is 2.98. The molecule has 1 aromatic heterocycles. The molecular weight excluding hydrogens is 316 g/mol. The maximum atomic E-state index is 11.9. The van der Waals surface area contributed by atoms with Crippen molar-refractivity contribution in [2.75, 3.05) is 0 Å². The predicted molar refractivity (Wildman–Crippen MR) is 85.0 cm³/mol. The van der Waals surface area contributed by atoms with Gasteiger partial charge in [-0.25, -0.2) is 8.73 Å². The average Bonchev–Trinajstić information content (AvgIpc) is 3.10. The van der Waals surface area contributed by atoms with Crippen LogP contribution in [0, 0.1) is 6.92 Å². The van der Waals surface area contributed by atoms with E-state index in [-0.39, 0.29) is 18.6 Å². The third kappa shape index (κ3) is 3.45. The summed E-state index contributed by atoms with van der Waals surface area (Å²) >= 11 is 1.17. The summed E-state index contributed by atoms with van der Waals surface area (Å²) in [6.07, 6.45) is 7.20. The van der Waals surface area contributed by atoms with Gasteiger partial charge in [-0.05, 0) is 19.1 Å². The molecule has 1 aliphatic carbocycles. The number of allylic oxidation sites excluding steroid dienone is 1. The second kappa shape index (κ2) is 6.29. The van der Waals surface area contributed by atoms with E-state index in [4.69, 9.17) is 0 Å². The first-order valence-corrected chi connectivity index (χ1v) is 7.81. The molecule has 2 amide bonds. The van der Waals surface area contributed by atoms with Crippen molar-refractivity contribution in [3.8, 4) is 0 Å². The molecule has 3 rings (SSSR count). The second-order valence-corrected chi connectivity index (χ2v) is 5.89. The van der Waals surface area contributed by atoms with Crippen molar-refractivity contribution < 1.29 is 9.59 Å². The van der Waals surface area contributed by atoms with Crippen molar-refractivity contribution in [1.82, 2.24) is 20.4 Å². The minimum Gasteiger partial charge on any atom is -0.344 e. The van der Waals surface area contributed by atoms with Crippen LogP contribution >= 0.6 is 0 Å². The van der Waals surface area contributed by atoms with Gasteiger partial charge in [0.1, 0.15) is 12.1 Å². The predicted octanol–water partition coefficient (Wildman–Crippen LogP) is 0.115. The van der Waals surface area contributed by atoms with E-state index in [2.05, 4.69) is 24.5 Å². The Kier molecular flexibility index (Phi) is 4.20. The number of amides is 2. The summed E-state index contributed by atoms with van der Waals surface area (Å²) in [6.45, 7) is 2.11. The zero-order valence-corrected chi connectivity index (χ0v) is 13.5. The molecule has 2 heterocycles. The van der Waals surface area contributed by atoms with Crippen molar-refractivity contribution in [2.24, 2.45) is 15.8 Å². The number of aromatic nitrogens is 2. The highest BCUT2D eigenvalue weighted by Crippen LogP contribution is 2.18. The molecule has 0 radical (unpaired) electrons. The number of nitrogens with zero attached hydrogens (tertiary/aromatic N) is 4. The molecule has 2 aliphatic rings. The number of carbonyl (C=O) groups excluding carboxylic acids is 2. The Morgan fingerprint density at radius 2 is 2.09 bits per heavy atom. The van der Waals surface area contributed by atoms with Gasteiger partial charge in [-0.2, -0.15) is 5.10 Å². The summed E-state index contributed by atoms with van der Waals surface area (Å²) in [7, 11) is 1.80. The van der Waals surface area contributed by atoms with Crippen LogP contribution in [-0.2, 0) is 34.5 Å². The average molecular weight is 332 g/mol. The highest BCUT2D eigenvalue weighted by Gasteiger charge is 2.24. The number of fused-ring (bicyclic) bond motifs is 1. The first-order chi connectivity index (χ1) is 11.0. The SMILES string of the molecule is Cc1nn(C)cc1CNC(=O)C(=O)NC1=C[C@@H]2N=S=N[C@@H]2C=C1. The van der Waals surface area contributed by atoms with Gasteiger partial charge in [-0.3, -0.25) is 14.3 Å².